The number of nitrogens with zero attached hydrogens (tertiary/aromatic N) is 2. The van der Waals surface area contributed by atoms with E-state index in [4.69, 9.17) is 4.74 Å². The minimum absolute atomic E-state index is 0.0966. The molecule has 0 aliphatic carbocycles. The number of aromatic nitrogens is 1. The van der Waals surface area contributed by atoms with E-state index in [0.29, 0.717) is 5.88 Å². The third-order valence-corrected chi connectivity index (χ3v) is 5.44. The van der Waals surface area contributed by atoms with Crippen LogP contribution in [-0.2, 0) is 4.79 Å². The van der Waals surface area contributed by atoms with Crippen LogP contribution in [0.3, 0.4) is 0 Å². The first-order valence-electron chi connectivity index (χ1n) is 7.08. The Labute approximate surface area is 123 Å². The number of carbonyl (C=O) groups is 1. The SMILES string of the molecule is CC(C)C(=O)N1CC2(CC(Oc3ccccn3)CS2)C1. The highest BCUT2D eigenvalue weighted by molar-refractivity contribution is 8.01. The number of rotatable bonds is 3. The molecule has 1 amide bonds. The van der Waals surface area contributed by atoms with Crippen LogP contribution in [0.4, 0.5) is 0 Å². The van der Waals surface area contributed by atoms with Crippen molar-refractivity contribution >= 4 is 17.7 Å². The van der Waals surface area contributed by atoms with Gasteiger partial charge in [0, 0.05) is 43.4 Å². The molecule has 2 fully saturated rings. The topological polar surface area (TPSA) is 42.4 Å². The lowest BCUT2D eigenvalue weighted by Gasteiger charge is -2.48. The molecule has 5 heteroatoms. The summed E-state index contributed by atoms with van der Waals surface area (Å²) in [5, 5.41) is 0. The number of ether oxygens (including phenoxy) is 1. The van der Waals surface area contributed by atoms with E-state index in [-0.39, 0.29) is 22.7 Å². The van der Waals surface area contributed by atoms with Gasteiger partial charge in [-0.2, -0.15) is 0 Å². The summed E-state index contributed by atoms with van der Waals surface area (Å²) in [7, 11) is 0. The minimum Gasteiger partial charge on any atom is -0.473 e. The van der Waals surface area contributed by atoms with Gasteiger partial charge in [-0.05, 0) is 6.07 Å². The normalized spacial score (nSPS) is 23.9. The molecule has 0 aromatic carbocycles. The maximum Gasteiger partial charge on any atom is 0.225 e. The summed E-state index contributed by atoms with van der Waals surface area (Å²) in [6.45, 7) is 5.66. The summed E-state index contributed by atoms with van der Waals surface area (Å²) in [5.41, 5.74) is 0. The Morgan fingerprint density at radius 3 is 2.95 bits per heavy atom. The summed E-state index contributed by atoms with van der Waals surface area (Å²) in [6, 6.07) is 5.72. The van der Waals surface area contributed by atoms with E-state index in [1.165, 1.54) is 0 Å². The van der Waals surface area contributed by atoms with Gasteiger partial charge in [0.2, 0.25) is 11.8 Å². The van der Waals surface area contributed by atoms with E-state index < -0.39 is 0 Å². The molecule has 0 N–H and O–H groups in total. The van der Waals surface area contributed by atoms with Crippen LogP contribution < -0.4 is 4.74 Å². The van der Waals surface area contributed by atoms with Crippen LogP contribution in [-0.4, -0.2) is 45.5 Å². The largest absolute Gasteiger partial charge is 0.473 e. The summed E-state index contributed by atoms with van der Waals surface area (Å²) >= 11 is 1.95. The van der Waals surface area contributed by atoms with E-state index >= 15 is 0 Å². The summed E-state index contributed by atoms with van der Waals surface area (Å²) < 4.78 is 6.14. The predicted molar refractivity (Wildman–Crippen MR) is 79.9 cm³/mol. The van der Waals surface area contributed by atoms with Crippen molar-refractivity contribution in [2.45, 2.75) is 31.1 Å². The zero-order valence-electron chi connectivity index (χ0n) is 11.9. The Bertz CT molecular complexity index is 486. The molecule has 2 saturated heterocycles. The second-order valence-electron chi connectivity index (χ2n) is 5.95. The Hall–Kier alpha value is -1.23. The molecule has 1 spiro atoms. The molecule has 1 atom stereocenters. The molecule has 3 rings (SSSR count). The van der Waals surface area contributed by atoms with Gasteiger partial charge < -0.3 is 9.64 Å². The molecule has 1 aromatic heterocycles. The van der Waals surface area contributed by atoms with Crippen molar-refractivity contribution in [2.24, 2.45) is 5.92 Å². The first kappa shape index (κ1) is 13.7. The van der Waals surface area contributed by atoms with Gasteiger partial charge >= 0.3 is 0 Å². The lowest BCUT2D eigenvalue weighted by Crippen LogP contribution is -2.61. The Morgan fingerprint density at radius 2 is 2.30 bits per heavy atom. The number of amides is 1. The number of likely N-dealkylation sites (tertiary alicyclic amines) is 1. The number of hydrogen-bond donors (Lipinski definition) is 0. The lowest BCUT2D eigenvalue weighted by atomic mass is 9.92. The maximum atomic E-state index is 11.9. The third-order valence-electron chi connectivity index (χ3n) is 3.86. The fourth-order valence-corrected chi connectivity index (χ4v) is 4.38. The van der Waals surface area contributed by atoms with Gasteiger partial charge in [0.1, 0.15) is 6.10 Å². The van der Waals surface area contributed by atoms with E-state index in [2.05, 4.69) is 4.98 Å². The van der Waals surface area contributed by atoms with Crippen LogP contribution in [0.1, 0.15) is 20.3 Å². The molecule has 20 heavy (non-hydrogen) atoms. The molecule has 0 bridgehead atoms. The number of pyridine rings is 1. The molecule has 108 valence electrons. The highest BCUT2D eigenvalue weighted by atomic mass is 32.2. The molecule has 2 aliphatic heterocycles. The quantitative estimate of drug-likeness (QED) is 0.856. The fourth-order valence-electron chi connectivity index (χ4n) is 2.86. The van der Waals surface area contributed by atoms with Crippen LogP contribution in [0.5, 0.6) is 5.88 Å². The zero-order valence-corrected chi connectivity index (χ0v) is 12.7. The number of thioether (sulfide) groups is 1. The van der Waals surface area contributed by atoms with Crippen LogP contribution in [0.2, 0.25) is 0 Å². The van der Waals surface area contributed by atoms with Crippen molar-refractivity contribution < 1.29 is 9.53 Å². The summed E-state index contributed by atoms with van der Waals surface area (Å²) in [4.78, 5) is 18.1. The van der Waals surface area contributed by atoms with Crippen LogP contribution >= 0.6 is 11.8 Å². The first-order chi connectivity index (χ1) is 9.58. The molecule has 0 radical (unpaired) electrons. The highest BCUT2D eigenvalue weighted by Gasteiger charge is 2.51. The Morgan fingerprint density at radius 1 is 1.50 bits per heavy atom. The standard InChI is InChI=1S/C15H20N2O2S/c1-11(2)14(18)17-9-15(10-17)7-12(8-20-15)19-13-5-3-4-6-16-13/h3-6,11-12H,7-10H2,1-2H3. The highest BCUT2D eigenvalue weighted by Crippen LogP contribution is 2.46. The number of hydrogen-bond acceptors (Lipinski definition) is 4. The van der Waals surface area contributed by atoms with Crippen LogP contribution in [0, 0.1) is 5.92 Å². The van der Waals surface area contributed by atoms with Gasteiger partial charge in [0.25, 0.3) is 0 Å². The van der Waals surface area contributed by atoms with Crippen molar-refractivity contribution in [1.82, 2.24) is 9.88 Å². The smallest absolute Gasteiger partial charge is 0.225 e. The average molecular weight is 292 g/mol. The number of carbonyl (C=O) groups excluding carboxylic acids is 1. The second-order valence-corrected chi connectivity index (χ2v) is 7.44. The second kappa shape index (κ2) is 5.28. The molecule has 3 heterocycles. The Kier molecular flexibility index (Phi) is 3.63. The van der Waals surface area contributed by atoms with Crippen molar-refractivity contribution in [3.8, 4) is 5.88 Å². The third kappa shape index (κ3) is 2.64. The lowest BCUT2D eigenvalue weighted by molar-refractivity contribution is -0.139. The van der Waals surface area contributed by atoms with Gasteiger partial charge in [-0.1, -0.05) is 19.9 Å². The summed E-state index contributed by atoms with van der Waals surface area (Å²) in [6.07, 6.45) is 2.97. The van der Waals surface area contributed by atoms with Gasteiger partial charge in [-0.15, -0.1) is 11.8 Å². The van der Waals surface area contributed by atoms with Gasteiger partial charge in [-0.25, -0.2) is 4.98 Å². The predicted octanol–water partition coefficient (Wildman–Crippen LogP) is 2.20. The first-order valence-corrected chi connectivity index (χ1v) is 8.07. The van der Waals surface area contributed by atoms with Gasteiger partial charge in [0.15, 0.2) is 0 Å². The zero-order chi connectivity index (χ0) is 14.2. The van der Waals surface area contributed by atoms with E-state index in [1.807, 2.05) is 48.7 Å². The van der Waals surface area contributed by atoms with Crippen molar-refractivity contribution in [3.63, 3.8) is 0 Å². The monoisotopic (exact) mass is 292 g/mol. The molecule has 2 aliphatic rings. The van der Waals surface area contributed by atoms with E-state index in [9.17, 15) is 4.79 Å². The van der Waals surface area contributed by atoms with E-state index in [0.717, 1.165) is 25.3 Å². The molecule has 4 nitrogen and oxygen atoms in total. The average Bonchev–Trinajstić information content (AvgIpc) is 2.81. The van der Waals surface area contributed by atoms with Crippen molar-refractivity contribution in [2.75, 3.05) is 18.8 Å². The van der Waals surface area contributed by atoms with Crippen LogP contribution in [0.25, 0.3) is 0 Å². The van der Waals surface area contributed by atoms with Crippen molar-refractivity contribution in [3.05, 3.63) is 24.4 Å². The van der Waals surface area contributed by atoms with Crippen molar-refractivity contribution in [1.29, 1.82) is 0 Å². The van der Waals surface area contributed by atoms with Crippen LogP contribution in [0.15, 0.2) is 24.4 Å². The molecule has 1 aromatic rings. The molecule has 1 unspecified atom stereocenters. The Balaban J connectivity index is 1.53. The summed E-state index contributed by atoms with van der Waals surface area (Å²) in [5.74, 6) is 2.05. The van der Waals surface area contributed by atoms with Gasteiger partial charge in [0.05, 0.1) is 4.75 Å². The maximum absolute atomic E-state index is 11.9. The molecular weight excluding hydrogens is 272 g/mol. The van der Waals surface area contributed by atoms with E-state index in [1.54, 1.807) is 6.20 Å². The fraction of sp³-hybridized carbons (Fsp3) is 0.600. The molecular formula is C15H20N2O2S. The minimum atomic E-state index is 0.0966. The van der Waals surface area contributed by atoms with Gasteiger partial charge in [-0.3, -0.25) is 4.79 Å². The molecule has 0 saturated carbocycles.